The summed E-state index contributed by atoms with van der Waals surface area (Å²) in [6.07, 6.45) is 1.56. The van der Waals surface area contributed by atoms with E-state index in [9.17, 15) is 9.59 Å². The number of para-hydroxylation sites is 2. The zero-order chi connectivity index (χ0) is 19.7. The molecule has 0 spiro atoms. The third-order valence-corrected chi connectivity index (χ3v) is 4.91. The van der Waals surface area contributed by atoms with E-state index in [4.69, 9.17) is 4.42 Å². The number of fused-ring (bicyclic) bond motifs is 3. The number of aromatic nitrogens is 2. The van der Waals surface area contributed by atoms with E-state index in [1.807, 2.05) is 42.7 Å². The molecule has 0 fully saturated rings. The van der Waals surface area contributed by atoms with Crippen LogP contribution in [0.4, 0.5) is 10.7 Å². The Morgan fingerprint density at radius 2 is 2.00 bits per heavy atom. The van der Waals surface area contributed by atoms with E-state index in [1.165, 1.54) is 0 Å². The molecule has 1 aliphatic heterocycles. The van der Waals surface area contributed by atoms with E-state index in [1.54, 1.807) is 23.3 Å². The first-order chi connectivity index (χ1) is 13.5. The monoisotopic (exact) mass is 381 g/mol. The molecule has 1 aliphatic rings. The molecule has 8 nitrogen and oxygen atoms in total. The highest BCUT2D eigenvalue weighted by Gasteiger charge is 2.32. The second-order valence-electron chi connectivity index (χ2n) is 7.17. The smallest absolute Gasteiger partial charge is 0.324 e. The van der Waals surface area contributed by atoms with Crippen LogP contribution in [0.5, 0.6) is 0 Å². The molecular weight excluding hydrogens is 358 g/mol. The number of urea groups is 1. The largest absolute Gasteiger partial charge is 0.467 e. The molecule has 0 saturated heterocycles. The topological polar surface area (TPSA) is 92.4 Å². The summed E-state index contributed by atoms with van der Waals surface area (Å²) >= 11 is 0. The van der Waals surface area contributed by atoms with Crippen LogP contribution in [0.1, 0.15) is 19.6 Å². The van der Waals surface area contributed by atoms with Gasteiger partial charge in [-0.05, 0) is 30.2 Å². The lowest BCUT2D eigenvalue weighted by Gasteiger charge is -2.24. The Morgan fingerprint density at radius 3 is 2.75 bits per heavy atom. The van der Waals surface area contributed by atoms with Crippen LogP contribution in [0.25, 0.3) is 11.0 Å². The second-order valence-corrected chi connectivity index (χ2v) is 7.17. The number of benzene rings is 1. The van der Waals surface area contributed by atoms with Crippen LogP contribution >= 0.6 is 0 Å². The van der Waals surface area contributed by atoms with Crippen LogP contribution in [0, 0.1) is 5.92 Å². The first kappa shape index (κ1) is 18.1. The molecule has 3 amide bonds. The van der Waals surface area contributed by atoms with Gasteiger partial charge in [-0.1, -0.05) is 26.0 Å². The van der Waals surface area contributed by atoms with Crippen LogP contribution < -0.4 is 15.5 Å². The van der Waals surface area contributed by atoms with E-state index < -0.39 is 6.04 Å². The second kappa shape index (κ2) is 7.38. The lowest BCUT2D eigenvalue weighted by molar-refractivity contribution is -0.124. The minimum atomic E-state index is -0.652. The van der Waals surface area contributed by atoms with Crippen LogP contribution in [0.3, 0.4) is 0 Å². The molecule has 0 saturated carbocycles. The van der Waals surface area contributed by atoms with Crippen molar-refractivity contribution in [3.63, 3.8) is 0 Å². The van der Waals surface area contributed by atoms with E-state index in [0.29, 0.717) is 24.8 Å². The number of imidazole rings is 1. The average Bonchev–Trinajstić information content (AvgIpc) is 3.40. The van der Waals surface area contributed by atoms with E-state index in [2.05, 4.69) is 15.6 Å². The van der Waals surface area contributed by atoms with Crippen molar-refractivity contribution < 1.29 is 14.0 Å². The summed E-state index contributed by atoms with van der Waals surface area (Å²) in [6, 6.07) is 10.4. The number of anilines is 1. The van der Waals surface area contributed by atoms with Crippen LogP contribution in [-0.4, -0.2) is 34.1 Å². The van der Waals surface area contributed by atoms with Gasteiger partial charge in [-0.25, -0.2) is 9.78 Å². The summed E-state index contributed by atoms with van der Waals surface area (Å²) in [5.74, 6) is 0.960. The van der Waals surface area contributed by atoms with Gasteiger partial charge in [0, 0.05) is 13.1 Å². The Labute approximate surface area is 162 Å². The number of amides is 3. The quantitative estimate of drug-likeness (QED) is 0.710. The maximum Gasteiger partial charge on any atom is 0.324 e. The van der Waals surface area contributed by atoms with Gasteiger partial charge in [-0.2, -0.15) is 0 Å². The first-order valence-corrected chi connectivity index (χ1v) is 9.38. The number of nitrogens with one attached hydrogen (secondary N) is 2. The zero-order valence-electron chi connectivity index (χ0n) is 15.9. The van der Waals surface area contributed by atoms with Gasteiger partial charge < -0.3 is 19.6 Å². The molecule has 146 valence electrons. The van der Waals surface area contributed by atoms with Gasteiger partial charge in [0.2, 0.25) is 11.9 Å². The lowest BCUT2D eigenvalue weighted by Crippen LogP contribution is -2.53. The number of nitrogens with zero attached hydrogens (tertiary/aromatic N) is 3. The molecule has 0 unspecified atom stereocenters. The third-order valence-electron chi connectivity index (χ3n) is 4.91. The van der Waals surface area contributed by atoms with Crippen LogP contribution in [0.15, 0.2) is 47.1 Å². The van der Waals surface area contributed by atoms with Crippen molar-refractivity contribution in [3.05, 3.63) is 48.4 Å². The van der Waals surface area contributed by atoms with Gasteiger partial charge in [0.05, 0.1) is 23.8 Å². The molecule has 2 N–H and O–H groups in total. The Balaban J connectivity index is 1.46. The van der Waals surface area contributed by atoms with Crippen LogP contribution in [-0.2, 0) is 17.9 Å². The highest BCUT2D eigenvalue weighted by Crippen LogP contribution is 2.27. The summed E-state index contributed by atoms with van der Waals surface area (Å²) in [7, 11) is 0. The van der Waals surface area contributed by atoms with E-state index in [-0.39, 0.29) is 24.4 Å². The summed E-state index contributed by atoms with van der Waals surface area (Å²) in [6.45, 7) is 5.29. The Morgan fingerprint density at radius 1 is 1.18 bits per heavy atom. The van der Waals surface area contributed by atoms with Gasteiger partial charge in [0.25, 0.3) is 0 Å². The van der Waals surface area contributed by atoms with Crippen molar-refractivity contribution in [2.75, 3.05) is 11.4 Å². The van der Waals surface area contributed by atoms with Crippen molar-refractivity contribution in [3.8, 4) is 0 Å². The fraction of sp³-hybridized carbons (Fsp3) is 0.350. The molecule has 28 heavy (non-hydrogen) atoms. The minimum Gasteiger partial charge on any atom is -0.467 e. The van der Waals surface area contributed by atoms with Crippen molar-refractivity contribution in [1.82, 2.24) is 20.2 Å². The maximum absolute atomic E-state index is 12.9. The van der Waals surface area contributed by atoms with Gasteiger partial charge in [0.1, 0.15) is 11.8 Å². The standard InChI is InChI=1S/C20H23N5O3/c1-13(2)17(18(26)21-12-14-6-5-11-28-14)23-20(27)25-10-9-24-16-8-4-3-7-15(16)22-19(24)25/h3-8,11,13,17H,9-10,12H2,1-2H3,(H,21,26)(H,23,27)/t17-/m0/s1. The molecule has 0 bridgehead atoms. The van der Waals surface area contributed by atoms with Crippen molar-refractivity contribution in [1.29, 1.82) is 0 Å². The number of furan rings is 1. The summed E-state index contributed by atoms with van der Waals surface area (Å²) in [5.41, 5.74) is 1.86. The number of hydrogen-bond acceptors (Lipinski definition) is 4. The minimum absolute atomic E-state index is 0.0676. The maximum atomic E-state index is 12.9. The van der Waals surface area contributed by atoms with Crippen molar-refractivity contribution >= 4 is 28.9 Å². The molecule has 4 rings (SSSR count). The van der Waals surface area contributed by atoms with Gasteiger partial charge >= 0.3 is 6.03 Å². The molecule has 3 aromatic rings. The molecule has 1 aromatic carbocycles. The van der Waals surface area contributed by atoms with Gasteiger partial charge in [-0.3, -0.25) is 9.69 Å². The first-order valence-electron chi connectivity index (χ1n) is 9.38. The van der Waals surface area contributed by atoms with Crippen molar-refractivity contribution in [2.45, 2.75) is 33.0 Å². The molecule has 1 atom stereocenters. The molecule has 3 heterocycles. The van der Waals surface area contributed by atoms with E-state index >= 15 is 0 Å². The fourth-order valence-corrected chi connectivity index (χ4v) is 3.42. The normalized spacial score (nSPS) is 14.3. The molecular formula is C20H23N5O3. The third kappa shape index (κ3) is 3.33. The van der Waals surface area contributed by atoms with Gasteiger partial charge in [0.15, 0.2) is 0 Å². The summed E-state index contributed by atoms with van der Waals surface area (Å²) < 4.78 is 7.26. The molecule has 2 aromatic heterocycles. The average molecular weight is 381 g/mol. The molecule has 0 aliphatic carbocycles. The number of hydrogen-bond donors (Lipinski definition) is 2. The van der Waals surface area contributed by atoms with Crippen LogP contribution in [0.2, 0.25) is 0 Å². The predicted molar refractivity (Wildman–Crippen MR) is 105 cm³/mol. The predicted octanol–water partition coefficient (Wildman–Crippen LogP) is 2.50. The number of rotatable bonds is 5. The fourth-order valence-electron chi connectivity index (χ4n) is 3.42. The molecule has 0 radical (unpaired) electrons. The van der Waals surface area contributed by atoms with Gasteiger partial charge in [-0.15, -0.1) is 0 Å². The Bertz CT molecular complexity index is 993. The zero-order valence-corrected chi connectivity index (χ0v) is 15.9. The Hall–Kier alpha value is -3.29. The number of carbonyl (C=O) groups is 2. The molecule has 8 heteroatoms. The van der Waals surface area contributed by atoms with E-state index in [0.717, 1.165) is 11.0 Å². The number of carbonyl (C=O) groups excluding carboxylic acids is 2. The highest BCUT2D eigenvalue weighted by atomic mass is 16.3. The SMILES string of the molecule is CC(C)[C@H](NC(=O)N1CCn2c1nc1ccccc12)C(=O)NCc1ccco1. The lowest BCUT2D eigenvalue weighted by atomic mass is 10.0. The summed E-state index contributed by atoms with van der Waals surface area (Å²) in [4.78, 5) is 31.7. The Kier molecular flexibility index (Phi) is 4.77. The van der Waals surface area contributed by atoms with Crippen molar-refractivity contribution in [2.24, 2.45) is 5.92 Å². The highest BCUT2D eigenvalue weighted by molar-refractivity contribution is 5.96. The summed E-state index contributed by atoms with van der Waals surface area (Å²) in [5, 5.41) is 5.68.